The smallest absolute Gasteiger partial charge is 0.227 e. The van der Waals surface area contributed by atoms with Crippen LogP contribution in [0.2, 0.25) is 0 Å². The van der Waals surface area contributed by atoms with Crippen molar-refractivity contribution in [1.29, 1.82) is 0 Å². The Morgan fingerprint density at radius 2 is 1.95 bits per heavy atom. The summed E-state index contributed by atoms with van der Waals surface area (Å²) in [6.07, 6.45) is 3.79. The molecule has 0 aromatic carbocycles. The van der Waals surface area contributed by atoms with Crippen LogP contribution in [-0.2, 0) is 9.59 Å². The van der Waals surface area contributed by atoms with Crippen molar-refractivity contribution in [3.05, 3.63) is 0 Å². The molecule has 0 aliphatic carbocycles. The first-order valence-corrected chi connectivity index (χ1v) is 8.39. The molecule has 2 rings (SSSR count). The molecule has 0 radical (unpaired) electrons. The molecule has 0 spiro atoms. The fourth-order valence-electron chi connectivity index (χ4n) is 3.68. The molecule has 2 unspecified atom stereocenters. The van der Waals surface area contributed by atoms with Gasteiger partial charge in [0.15, 0.2) is 0 Å². The van der Waals surface area contributed by atoms with E-state index in [2.05, 4.69) is 20.8 Å². The van der Waals surface area contributed by atoms with Gasteiger partial charge >= 0.3 is 0 Å². The summed E-state index contributed by atoms with van der Waals surface area (Å²) in [7, 11) is 0. The summed E-state index contributed by atoms with van der Waals surface area (Å²) in [5, 5.41) is 0. The Balaban J connectivity index is 1.94. The molecule has 2 fully saturated rings. The minimum absolute atomic E-state index is 0.108. The van der Waals surface area contributed by atoms with Crippen LogP contribution in [0.4, 0.5) is 0 Å². The number of hydrogen-bond acceptors (Lipinski definition) is 2. The van der Waals surface area contributed by atoms with Crippen LogP contribution in [0.25, 0.3) is 0 Å². The maximum absolute atomic E-state index is 12.7. The highest BCUT2D eigenvalue weighted by atomic mass is 16.2. The second-order valence-corrected chi connectivity index (χ2v) is 7.65. The van der Waals surface area contributed by atoms with Gasteiger partial charge in [0.25, 0.3) is 0 Å². The molecule has 0 N–H and O–H groups in total. The van der Waals surface area contributed by atoms with Crippen molar-refractivity contribution in [3.8, 4) is 0 Å². The highest BCUT2D eigenvalue weighted by Crippen LogP contribution is 2.34. The lowest BCUT2D eigenvalue weighted by Crippen LogP contribution is -2.38. The molecule has 2 aliphatic rings. The van der Waals surface area contributed by atoms with E-state index in [1.54, 1.807) is 4.90 Å². The minimum Gasteiger partial charge on any atom is -0.342 e. The van der Waals surface area contributed by atoms with Crippen molar-refractivity contribution in [2.45, 2.75) is 53.4 Å². The molecule has 2 heterocycles. The monoisotopic (exact) mass is 294 g/mol. The fourth-order valence-corrected chi connectivity index (χ4v) is 3.68. The zero-order valence-corrected chi connectivity index (χ0v) is 14.0. The predicted octanol–water partition coefficient (Wildman–Crippen LogP) is 2.53. The number of carbonyl (C=O) groups is 2. The zero-order chi connectivity index (χ0) is 15.6. The van der Waals surface area contributed by atoms with E-state index in [0.717, 1.165) is 25.9 Å². The fraction of sp³-hybridized carbons (Fsp3) is 0.882. The quantitative estimate of drug-likeness (QED) is 0.785. The maximum Gasteiger partial charge on any atom is 0.227 e. The van der Waals surface area contributed by atoms with Gasteiger partial charge in [-0.25, -0.2) is 0 Å². The molecule has 0 bridgehead atoms. The Hall–Kier alpha value is -1.06. The van der Waals surface area contributed by atoms with Gasteiger partial charge in [0.05, 0.1) is 5.92 Å². The summed E-state index contributed by atoms with van der Waals surface area (Å²) < 4.78 is 0. The van der Waals surface area contributed by atoms with Crippen LogP contribution in [0.1, 0.15) is 53.4 Å². The SMILES string of the molecule is CCN1CC(C(=O)N2CCCC(C(C)(C)C)CC2)CC1=O. The highest BCUT2D eigenvalue weighted by molar-refractivity contribution is 5.89. The molecule has 4 heteroatoms. The lowest BCUT2D eigenvalue weighted by Gasteiger charge is -2.30. The average molecular weight is 294 g/mol. The molecule has 21 heavy (non-hydrogen) atoms. The molecule has 2 saturated heterocycles. The molecule has 120 valence electrons. The summed E-state index contributed by atoms with van der Waals surface area (Å²) in [6, 6.07) is 0. The van der Waals surface area contributed by atoms with E-state index in [4.69, 9.17) is 0 Å². The van der Waals surface area contributed by atoms with Gasteiger partial charge in [-0.3, -0.25) is 9.59 Å². The van der Waals surface area contributed by atoms with Crippen molar-refractivity contribution in [1.82, 2.24) is 9.80 Å². The predicted molar refractivity (Wildman–Crippen MR) is 83.7 cm³/mol. The summed E-state index contributed by atoms with van der Waals surface area (Å²) in [4.78, 5) is 28.3. The Morgan fingerprint density at radius 1 is 1.24 bits per heavy atom. The van der Waals surface area contributed by atoms with Crippen molar-refractivity contribution in [3.63, 3.8) is 0 Å². The maximum atomic E-state index is 12.7. The molecule has 2 amide bonds. The first-order valence-electron chi connectivity index (χ1n) is 8.39. The van der Waals surface area contributed by atoms with Gasteiger partial charge in [-0.1, -0.05) is 20.8 Å². The molecule has 2 atom stereocenters. The van der Waals surface area contributed by atoms with Crippen LogP contribution < -0.4 is 0 Å². The number of nitrogens with zero attached hydrogens (tertiary/aromatic N) is 2. The summed E-state index contributed by atoms with van der Waals surface area (Å²) in [5.41, 5.74) is 0.321. The van der Waals surface area contributed by atoms with Crippen LogP contribution in [0.5, 0.6) is 0 Å². The van der Waals surface area contributed by atoms with E-state index in [9.17, 15) is 9.59 Å². The largest absolute Gasteiger partial charge is 0.342 e. The Kier molecular flexibility index (Phi) is 4.95. The summed E-state index contributed by atoms with van der Waals surface area (Å²) in [5.74, 6) is 0.920. The Labute approximate surface area is 128 Å². The van der Waals surface area contributed by atoms with Crippen LogP contribution in [0, 0.1) is 17.3 Å². The summed E-state index contributed by atoms with van der Waals surface area (Å²) in [6.45, 7) is 11.9. The normalized spacial score (nSPS) is 27.9. The standard InChI is InChI=1S/C17H30N2O2/c1-5-18-12-13(11-15(18)20)16(21)19-9-6-7-14(8-10-19)17(2,3)4/h13-14H,5-12H2,1-4H3. The van der Waals surface area contributed by atoms with E-state index >= 15 is 0 Å². The van der Waals surface area contributed by atoms with E-state index in [1.807, 2.05) is 11.8 Å². The molecule has 0 aromatic heterocycles. The van der Waals surface area contributed by atoms with Gasteiger partial charge in [0.1, 0.15) is 0 Å². The van der Waals surface area contributed by atoms with Gasteiger partial charge < -0.3 is 9.80 Å². The van der Waals surface area contributed by atoms with Crippen molar-refractivity contribution < 1.29 is 9.59 Å². The van der Waals surface area contributed by atoms with Gasteiger partial charge in [-0.05, 0) is 37.5 Å². The van der Waals surface area contributed by atoms with Crippen molar-refractivity contribution >= 4 is 11.8 Å². The number of carbonyl (C=O) groups excluding carboxylic acids is 2. The number of likely N-dealkylation sites (tertiary alicyclic amines) is 2. The number of rotatable bonds is 2. The van der Waals surface area contributed by atoms with Gasteiger partial charge in [0, 0.05) is 32.6 Å². The lowest BCUT2D eigenvalue weighted by molar-refractivity contribution is -0.135. The topological polar surface area (TPSA) is 40.6 Å². The first-order chi connectivity index (χ1) is 9.82. The number of hydrogen-bond donors (Lipinski definition) is 0. The molecule has 4 nitrogen and oxygen atoms in total. The molecule has 2 aliphatic heterocycles. The molecular formula is C17H30N2O2. The van der Waals surface area contributed by atoms with Crippen molar-refractivity contribution in [2.24, 2.45) is 17.3 Å². The zero-order valence-electron chi connectivity index (χ0n) is 14.0. The van der Waals surface area contributed by atoms with E-state index < -0.39 is 0 Å². The van der Waals surface area contributed by atoms with Gasteiger partial charge in [0.2, 0.25) is 11.8 Å². The van der Waals surface area contributed by atoms with Gasteiger partial charge in [-0.15, -0.1) is 0 Å². The van der Waals surface area contributed by atoms with Crippen LogP contribution >= 0.6 is 0 Å². The lowest BCUT2D eigenvalue weighted by atomic mass is 9.77. The molecule has 0 saturated carbocycles. The van der Waals surface area contributed by atoms with Crippen LogP contribution in [-0.4, -0.2) is 47.8 Å². The average Bonchev–Trinajstić information content (AvgIpc) is 2.63. The number of amides is 2. The van der Waals surface area contributed by atoms with Crippen LogP contribution in [0.3, 0.4) is 0 Å². The molecular weight excluding hydrogens is 264 g/mol. The third-order valence-electron chi connectivity index (χ3n) is 5.21. The minimum atomic E-state index is -0.108. The van der Waals surface area contributed by atoms with Crippen LogP contribution in [0.15, 0.2) is 0 Å². The second-order valence-electron chi connectivity index (χ2n) is 7.65. The third kappa shape index (κ3) is 3.78. The van der Waals surface area contributed by atoms with Gasteiger partial charge in [-0.2, -0.15) is 0 Å². The van der Waals surface area contributed by atoms with E-state index in [0.29, 0.717) is 30.8 Å². The summed E-state index contributed by atoms with van der Waals surface area (Å²) >= 11 is 0. The molecule has 0 aromatic rings. The Morgan fingerprint density at radius 3 is 2.52 bits per heavy atom. The van der Waals surface area contributed by atoms with E-state index in [-0.39, 0.29) is 17.7 Å². The first kappa shape index (κ1) is 16.3. The Bertz CT molecular complexity index is 400. The highest BCUT2D eigenvalue weighted by Gasteiger charge is 2.37. The van der Waals surface area contributed by atoms with E-state index in [1.165, 1.54) is 6.42 Å². The third-order valence-corrected chi connectivity index (χ3v) is 5.21. The van der Waals surface area contributed by atoms with Crippen molar-refractivity contribution in [2.75, 3.05) is 26.2 Å². The second kappa shape index (κ2) is 6.37.